The number of hydrogen-bond donors (Lipinski definition) is 1. The van der Waals surface area contributed by atoms with Gasteiger partial charge in [0.05, 0.1) is 17.8 Å². The van der Waals surface area contributed by atoms with Crippen LogP contribution in [0.3, 0.4) is 0 Å². The lowest BCUT2D eigenvalue weighted by Crippen LogP contribution is -2.28. The van der Waals surface area contributed by atoms with Gasteiger partial charge >= 0.3 is 0 Å². The molecule has 3 aromatic rings. The molecule has 1 aromatic heterocycles. The van der Waals surface area contributed by atoms with Crippen LogP contribution in [0.4, 0.5) is 4.39 Å². The minimum atomic E-state index is -0.317. The van der Waals surface area contributed by atoms with Crippen molar-refractivity contribution in [3.05, 3.63) is 70.8 Å². The number of thioether (sulfide) groups is 1. The molecule has 0 spiro atoms. The zero-order valence-corrected chi connectivity index (χ0v) is 19.4. The molecule has 3 rings (SSSR count). The molecule has 1 amide bonds. The van der Waals surface area contributed by atoms with Crippen molar-refractivity contribution in [3.8, 4) is 5.69 Å². The Morgan fingerprint density at radius 2 is 1.90 bits per heavy atom. The highest BCUT2D eigenvalue weighted by atomic mass is 35.5. The van der Waals surface area contributed by atoms with Gasteiger partial charge < -0.3 is 5.32 Å². The maximum absolute atomic E-state index is 13.4. The molecule has 0 aliphatic heterocycles. The minimum absolute atomic E-state index is 0.0245. The summed E-state index contributed by atoms with van der Waals surface area (Å²) in [5.41, 5.74) is 1.67. The van der Waals surface area contributed by atoms with Crippen LogP contribution in [-0.4, -0.2) is 45.4 Å². The second kappa shape index (κ2) is 10.3. The number of amides is 1. The average Bonchev–Trinajstić information content (AvgIpc) is 3.16. The first-order chi connectivity index (χ1) is 14.8. The summed E-state index contributed by atoms with van der Waals surface area (Å²) >= 11 is 7.32. The Balaban J connectivity index is 1.76. The smallest absolute Gasteiger partial charge is 0.230 e. The Labute approximate surface area is 190 Å². The van der Waals surface area contributed by atoms with Crippen molar-refractivity contribution in [2.75, 3.05) is 19.8 Å². The van der Waals surface area contributed by atoms with Crippen molar-refractivity contribution < 1.29 is 9.18 Å². The third kappa shape index (κ3) is 5.84. The van der Waals surface area contributed by atoms with Gasteiger partial charge in [-0.15, -0.1) is 10.2 Å². The molecule has 2 atom stereocenters. The maximum Gasteiger partial charge on any atom is 0.230 e. The van der Waals surface area contributed by atoms with Gasteiger partial charge in [0.1, 0.15) is 5.82 Å². The van der Waals surface area contributed by atoms with Crippen LogP contribution in [0.2, 0.25) is 5.02 Å². The van der Waals surface area contributed by atoms with Gasteiger partial charge in [0.15, 0.2) is 11.0 Å². The van der Waals surface area contributed by atoms with E-state index in [0.717, 1.165) is 11.3 Å². The highest BCUT2D eigenvalue weighted by Gasteiger charge is 2.22. The summed E-state index contributed by atoms with van der Waals surface area (Å²) in [5.74, 6) is 0.434. The summed E-state index contributed by atoms with van der Waals surface area (Å²) in [4.78, 5) is 14.6. The monoisotopic (exact) mass is 461 g/mol. The molecule has 0 saturated carbocycles. The van der Waals surface area contributed by atoms with E-state index in [9.17, 15) is 9.18 Å². The number of hydrogen-bond acceptors (Lipinski definition) is 5. The van der Waals surface area contributed by atoms with Gasteiger partial charge in [-0.3, -0.25) is 14.3 Å². The third-order valence-corrected chi connectivity index (χ3v) is 6.11. The summed E-state index contributed by atoms with van der Waals surface area (Å²) in [6.07, 6.45) is 0. The van der Waals surface area contributed by atoms with E-state index in [1.54, 1.807) is 18.2 Å². The molecule has 2 aromatic carbocycles. The number of carbonyl (C=O) groups is 1. The lowest BCUT2D eigenvalue weighted by Gasteiger charge is -2.20. The van der Waals surface area contributed by atoms with Crippen molar-refractivity contribution >= 4 is 29.3 Å². The first kappa shape index (κ1) is 23.2. The molecule has 1 N–H and O–H groups in total. The minimum Gasteiger partial charge on any atom is -0.349 e. The van der Waals surface area contributed by atoms with Crippen molar-refractivity contribution in [1.82, 2.24) is 25.0 Å². The number of benzene rings is 2. The molecule has 0 radical (unpaired) electrons. The zero-order valence-electron chi connectivity index (χ0n) is 17.8. The largest absolute Gasteiger partial charge is 0.349 e. The lowest BCUT2D eigenvalue weighted by molar-refractivity contribution is -0.119. The summed E-state index contributed by atoms with van der Waals surface area (Å²) in [5, 5.41) is 12.8. The van der Waals surface area contributed by atoms with Gasteiger partial charge in [0.2, 0.25) is 5.91 Å². The summed E-state index contributed by atoms with van der Waals surface area (Å²) in [6, 6.07) is 13.4. The Morgan fingerprint density at radius 3 is 2.55 bits per heavy atom. The van der Waals surface area contributed by atoms with Crippen molar-refractivity contribution in [2.24, 2.45) is 0 Å². The average molecular weight is 462 g/mol. The molecular formula is C22H25ClFN5OS. The van der Waals surface area contributed by atoms with Gasteiger partial charge in [0.25, 0.3) is 0 Å². The molecule has 0 aliphatic rings. The first-order valence-electron chi connectivity index (χ1n) is 9.81. The van der Waals surface area contributed by atoms with E-state index in [-0.39, 0.29) is 29.6 Å². The van der Waals surface area contributed by atoms with Crippen LogP contribution in [0.1, 0.15) is 37.3 Å². The van der Waals surface area contributed by atoms with Crippen LogP contribution in [0.15, 0.2) is 53.7 Å². The molecule has 0 bridgehead atoms. The van der Waals surface area contributed by atoms with Crippen molar-refractivity contribution in [2.45, 2.75) is 31.1 Å². The van der Waals surface area contributed by atoms with Crippen LogP contribution in [-0.2, 0) is 4.79 Å². The Hall–Kier alpha value is -2.42. The van der Waals surface area contributed by atoms with Gasteiger partial charge in [-0.1, -0.05) is 35.5 Å². The Kier molecular flexibility index (Phi) is 7.69. The van der Waals surface area contributed by atoms with E-state index in [1.807, 2.05) is 55.6 Å². The molecule has 9 heteroatoms. The van der Waals surface area contributed by atoms with Crippen LogP contribution >= 0.6 is 23.4 Å². The van der Waals surface area contributed by atoms with Gasteiger partial charge in [-0.2, -0.15) is 0 Å². The molecule has 6 nitrogen and oxygen atoms in total. The topological polar surface area (TPSA) is 63.1 Å². The standard InChI is InChI=1S/C22H25ClFN5OS/c1-14(16-6-5-7-17(23)12-16)25-20(30)13-31-22-27-26-21(15(2)28(3)4)29(22)19-10-8-18(24)9-11-19/h5-12,14-15H,13H2,1-4H3,(H,25,30)/t14-,15+/m1/s1. The molecule has 0 fully saturated rings. The highest BCUT2D eigenvalue weighted by Crippen LogP contribution is 2.27. The fourth-order valence-electron chi connectivity index (χ4n) is 2.98. The van der Waals surface area contributed by atoms with Crippen LogP contribution < -0.4 is 5.32 Å². The molecule has 31 heavy (non-hydrogen) atoms. The van der Waals surface area contributed by atoms with Crippen molar-refractivity contribution in [1.29, 1.82) is 0 Å². The van der Waals surface area contributed by atoms with Crippen LogP contribution in [0.5, 0.6) is 0 Å². The van der Waals surface area contributed by atoms with Gasteiger partial charge in [-0.05, 0) is 69.9 Å². The van der Waals surface area contributed by atoms with E-state index in [0.29, 0.717) is 16.0 Å². The summed E-state index contributed by atoms with van der Waals surface area (Å²) in [7, 11) is 3.90. The highest BCUT2D eigenvalue weighted by molar-refractivity contribution is 7.99. The predicted octanol–water partition coefficient (Wildman–Crippen LogP) is 4.65. The van der Waals surface area contributed by atoms with Gasteiger partial charge in [-0.25, -0.2) is 4.39 Å². The fourth-order valence-corrected chi connectivity index (χ4v) is 3.95. The number of nitrogens with one attached hydrogen (secondary N) is 1. The number of rotatable bonds is 8. The fraction of sp³-hybridized carbons (Fsp3) is 0.318. The van der Waals surface area contributed by atoms with Crippen molar-refractivity contribution in [3.63, 3.8) is 0 Å². The van der Waals surface area contributed by atoms with E-state index in [2.05, 4.69) is 15.5 Å². The quantitative estimate of drug-likeness (QED) is 0.494. The normalized spacial score (nSPS) is 13.3. The number of carbonyl (C=O) groups excluding carboxylic acids is 1. The predicted molar refractivity (Wildman–Crippen MR) is 122 cm³/mol. The van der Waals surface area contributed by atoms with Crippen LogP contribution in [0, 0.1) is 5.82 Å². The SMILES string of the molecule is C[C@@H](NC(=O)CSc1nnc([C@H](C)N(C)C)n1-c1ccc(F)cc1)c1cccc(Cl)c1. The third-order valence-electron chi connectivity index (χ3n) is 4.95. The number of aromatic nitrogens is 3. The molecule has 1 heterocycles. The maximum atomic E-state index is 13.4. The second-order valence-electron chi connectivity index (χ2n) is 7.43. The van der Waals surface area contributed by atoms with E-state index in [4.69, 9.17) is 11.6 Å². The van der Waals surface area contributed by atoms with E-state index in [1.165, 1.54) is 23.9 Å². The summed E-state index contributed by atoms with van der Waals surface area (Å²) < 4.78 is 15.3. The second-order valence-corrected chi connectivity index (χ2v) is 8.80. The molecular weight excluding hydrogens is 437 g/mol. The first-order valence-corrected chi connectivity index (χ1v) is 11.2. The summed E-state index contributed by atoms with van der Waals surface area (Å²) in [6.45, 7) is 3.92. The van der Waals surface area contributed by atoms with Gasteiger partial charge in [0, 0.05) is 10.7 Å². The van der Waals surface area contributed by atoms with Crippen LogP contribution in [0.25, 0.3) is 5.69 Å². The van der Waals surface area contributed by atoms with E-state index < -0.39 is 0 Å². The number of nitrogens with zero attached hydrogens (tertiary/aromatic N) is 4. The molecule has 164 valence electrons. The molecule has 0 aliphatic carbocycles. The zero-order chi connectivity index (χ0) is 22.5. The molecule has 0 unspecified atom stereocenters. The molecule has 0 saturated heterocycles. The Morgan fingerprint density at radius 1 is 1.19 bits per heavy atom. The van der Waals surface area contributed by atoms with E-state index >= 15 is 0 Å². The lowest BCUT2D eigenvalue weighted by atomic mass is 10.1. The Bertz CT molecular complexity index is 1040. The number of halogens is 2.